The Morgan fingerprint density at radius 3 is 2.42 bits per heavy atom. The molecular weight excluding hydrogens is 293 g/mol. The number of nitrogens with one attached hydrogen (secondary N) is 1. The second-order valence-corrected chi connectivity index (χ2v) is 6.09. The Morgan fingerprint density at radius 2 is 1.84 bits per heavy atom. The summed E-state index contributed by atoms with van der Waals surface area (Å²) in [6, 6.07) is 8.42. The lowest BCUT2D eigenvalue weighted by Gasteiger charge is -2.05. The summed E-state index contributed by atoms with van der Waals surface area (Å²) in [5.74, 6) is -0.200. The van der Waals surface area contributed by atoms with Gasteiger partial charge in [-0.2, -0.15) is 0 Å². The van der Waals surface area contributed by atoms with E-state index in [1.165, 1.54) is 30.3 Å². The lowest BCUT2D eigenvalue weighted by molar-refractivity contribution is 0.500. The predicted molar refractivity (Wildman–Crippen MR) is 69.6 cm³/mol. The highest BCUT2D eigenvalue weighted by molar-refractivity contribution is 7.88. The van der Waals surface area contributed by atoms with Gasteiger partial charge in [0.15, 0.2) is 5.22 Å². The topological polar surface area (TPSA) is 59.3 Å². The standard InChI is InChI=1S/C12H11ClFNO3S/c13-12-6-5-11(18-12)7-15-19(16,17)8-9-1-3-10(14)4-2-9/h1-6,15H,7-8H2. The van der Waals surface area contributed by atoms with Crippen molar-refractivity contribution in [2.75, 3.05) is 0 Å². The van der Waals surface area contributed by atoms with Crippen molar-refractivity contribution in [1.29, 1.82) is 0 Å². The van der Waals surface area contributed by atoms with Gasteiger partial charge in [0.2, 0.25) is 10.0 Å². The zero-order chi connectivity index (χ0) is 13.9. The number of furan rings is 1. The first kappa shape index (κ1) is 14.0. The smallest absolute Gasteiger partial charge is 0.216 e. The van der Waals surface area contributed by atoms with Crippen LogP contribution in [0.5, 0.6) is 0 Å². The molecule has 7 heteroatoms. The molecule has 4 nitrogen and oxygen atoms in total. The van der Waals surface area contributed by atoms with E-state index in [9.17, 15) is 12.8 Å². The maximum Gasteiger partial charge on any atom is 0.216 e. The zero-order valence-electron chi connectivity index (χ0n) is 9.77. The first-order chi connectivity index (χ1) is 8.94. The van der Waals surface area contributed by atoms with Gasteiger partial charge < -0.3 is 4.42 Å². The van der Waals surface area contributed by atoms with E-state index in [4.69, 9.17) is 16.0 Å². The summed E-state index contributed by atoms with van der Waals surface area (Å²) in [7, 11) is -3.51. The Kier molecular flexibility index (Phi) is 4.24. The Bertz CT molecular complexity index is 652. The summed E-state index contributed by atoms with van der Waals surface area (Å²) < 4.78 is 43.7. The molecule has 19 heavy (non-hydrogen) atoms. The number of benzene rings is 1. The van der Waals surface area contributed by atoms with Crippen LogP contribution in [-0.4, -0.2) is 8.42 Å². The van der Waals surface area contributed by atoms with Gasteiger partial charge in [0, 0.05) is 0 Å². The SMILES string of the molecule is O=S(=O)(Cc1ccc(F)cc1)NCc1ccc(Cl)o1. The van der Waals surface area contributed by atoms with Crippen molar-refractivity contribution >= 4 is 21.6 Å². The van der Waals surface area contributed by atoms with Gasteiger partial charge in [-0.15, -0.1) is 0 Å². The van der Waals surface area contributed by atoms with E-state index in [0.717, 1.165) is 0 Å². The van der Waals surface area contributed by atoms with Crippen molar-refractivity contribution in [3.8, 4) is 0 Å². The molecule has 1 heterocycles. The summed E-state index contributed by atoms with van der Waals surface area (Å²) in [5, 5.41) is 0.202. The van der Waals surface area contributed by atoms with Crippen LogP contribution < -0.4 is 4.72 Å². The van der Waals surface area contributed by atoms with Crippen molar-refractivity contribution in [3.05, 3.63) is 58.8 Å². The molecule has 0 saturated carbocycles. The molecule has 0 radical (unpaired) electrons. The minimum absolute atomic E-state index is 0.0241. The van der Waals surface area contributed by atoms with E-state index >= 15 is 0 Å². The Balaban J connectivity index is 1.97. The average molecular weight is 304 g/mol. The van der Waals surface area contributed by atoms with Crippen LogP contribution in [0.25, 0.3) is 0 Å². The molecule has 0 aliphatic heterocycles. The van der Waals surface area contributed by atoms with Gasteiger partial charge in [0.05, 0.1) is 12.3 Å². The Hall–Kier alpha value is -1.37. The van der Waals surface area contributed by atoms with E-state index < -0.39 is 15.8 Å². The second kappa shape index (κ2) is 5.73. The van der Waals surface area contributed by atoms with Crippen molar-refractivity contribution < 1.29 is 17.2 Å². The first-order valence-corrected chi connectivity index (χ1v) is 7.44. The van der Waals surface area contributed by atoms with Gasteiger partial charge in [0.1, 0.15) is 11.6 Å². The second-order valence-electron chi connectivity index (χ2n) is 3.91. The maximum atomic E-state index is 12.7. The predicted octanol–water partition coefficient (Wildman–Crippen LogP) is 2.69. The summed E-state index contributed by atoms with van der Waals surface area (Å²) in [6.07, 6.45) is 0. The summed E-state index contributed by atoms with van der Waals surface area (Å²) in [6.45, 7) is 0.0241. The van der Waals surface area contributed by atoms with Crippen LogP contribution >= 0.6 is 11.6 Å². The van der Waals surface area contributed by atoms with Gasteiger partial charge in [-0.3, -0.25) is 0 Å². The summed E-state index contributed by atoms with van der Waals surface area (Å²) in [4.78, 5) is 0. The Morgan fingerprint density at radius 1 is 1.16 bits per heavy atom. The van der Waals surface area contributed by atoms with Crippen molar-refractivity contribution in [3.63, 3.8) is 0 Å². The molecule has 102 valence electrons. The molecule has 0 aliphatic rings. The number of rotatable bonds is 5. The third kappa shape index (κ3) is 4.34. The lowest BCUT2D eigenvalue weighted by atomic mass is 10.2. The van der Waals surface area contributed by atoms with Gasteiger partial charge in [-0.1, -0.05) is 12.1 Å². The van der Waals surface area contributed by atoms with E-state index in [-0.39, 0.29) is 17.5 Å². The fraction of sp³-hybridized carbons (Fsp3) is 0.167. The highest BCUT2D eigenvalue weighted by Crippen LogP contribution is 2.13. The van der Waals surface area contributed by atoms with E-state index in [1.54, 1.807) is 6.07 Å². The average Bonchev–Trinajstić information content (AvgIpc) is 2.76. The third-order valence-corrected chi connectivity index (χ3v) is 3.87. The van der Waals surface area contributed by atoms with Crippen molar-refractivity contribution in [2.24, 2.45) is 0 Å². The molecular formula is C12H11ClFNO3S. The van der Waals surface area contributed by atoms with Gasteiger partial charge >= 0.3 is 0 Å². The molecule has 2 aromatic rings. The Labute approximate surface area is 115 Å². The summed E-state index contributed by atoms with van der Waals surface area (Å²) in [5.41, 5.74) is 0.506. The van der Waals surface area contributed by atoms with Crippen LogP contribution in [0, 0.1) is 5.82 Å². The van der Waals surface area contributed by atoms with Crippen LogP contribution in [-0.2, 0) is 22.3 Å². The largest absolute Gasteiger partial charge is 0.448 e. The number of hydrogen-bond donors (Lipinski definition) is 1. The van der Waals surface area contributed by atoms with Crippen molar-refractivity contribution in [1.82, 2.24) is 4.72 Å². The van der Waals surface area contributed by atoms with Crippen LogP contribution in [0.1, 0.15) is 11.3 Å². The third-order valence-electron chi connectivity index (χ3n) is 2.37. The fourth-order valence-corrected chi connectivity index (χ4v) is 2.74. The highest BCUT2D eigenvalue weighted by Gasteiger charge is 2.12. The van der Waals surface area contributed by atoms with Crippen LogP contribution in [0.4, 0.5) is 4.39 Å². The normalized spacial score (nSPS) is 11.7. The van der Waals surface area contributed by atoms with E-state index in [2.05, 4.69) is 4.72 Å². The van der Waals surface area contributed by atoms with Gasteiger partial charge in [0.25, 0.3) is 0 Å². The highest BCUT2D eigenvalue weighted by atomic mass is 35.5. The molecule has 1 aromatic heterocycles. The molecule has 0 atom stereocenters. The number of sulfonamides is 1. The first-order valence-electron chi connectivity index (χ1n) is 5.41. The van der Waals surface area contributed by atoms with Crippen LogP contribution in [0.3, 0.4) is 0 Å². The minimum atomic E-state index is -3.51. The number of halogens is 2. The molecule has 0 saturated heterocycles. The summed E-state index contributed by atoms with van der Waals surface area (Å²) >= 11 is 5.58. The van der Waals surface area contributed by atoms with Crippen LogP contribution in [0.2, 0.25) is 5.22 Å². The monoisotopic (exact) mass is 303 g/mol. The zero-order valence-corrected chi connectivity index (χ0v) is 11.3. The molecule has 0 bridgehead atoms. The van der Waals surface area contributed by atoms with E-state index in [1.807, 2.05) is 0 Å². The van der Waals surface area contributed by atoms with Crippen molar-refractivity contribution in [2.45, 2.75) is 12.3 Å². The molecule has 0 unspecified atom stereocenters. The number of hydrogen-bond acceptors (Lipinski definition) is 3. The van der Waals surface area contributed by atoms with Crippen LogP contribution in [0.15, 0.2) is 40.8 Å². The van der Waals surface area contributed by atoms with Gasteiger partial charge in [-0.25, -0.2) is 17.5 Å². The van der Waals surface area contributed by atoms with E-state index in [0.29, 0.717) is 11.3 Å². The molecule has 0 amide bonds. The fourth-order valence-electron chi connectivity index (χ4n) is 1.48. The quantitative estimate of drug-likeness (QED) is 0.924. The lowest BCUT2D eigenvalue weighted by Crippen LogP contribution is -2.24. The van der Waals surface area contributed by atoms with Gasteiger partial charge in [-0.05, 0) is 41.4 Å². The molecule has 2 rings (SSSR count). The maximum absolute atomic E-state index is 12.7. The molecule has 0 fully saturated rings. The molecule has 0 spiro atoms. The molecule has 1 aromatic carbocycles. The minimum Gasteiger partial charge on any atom is -0.448 e. The molecule has 1 N–H and O–H groups in total. The molecule has 0 aliphatic carbocycles.